The lowest BCUT2D eigenvalue weighted by atomic mass is 9.96. The number of carbonyl (C=O) groups excluding carboxylic acids is 1. The second-order valence-corrected chi connectivity index (χ2v) is 5.97. The molecule has 0 unspecified atom stereocenters. The highest BCUT2D eigenvalue weighted by Gasteiger charge is 2.27. The van der Waals surface area contributed by atoms with E-state index in [0.29, 0.717) is 5.69 Å². The van der Waals surface area contributed by atoms with Crippen molar-refractivity contribution in [3.05, 3.63) is 46.6 Å². The van der Waals surface area contributed by atoms with E-state index in [2.05, 4.69) is 15.3 Å². The maximum Gasteiger partial charge on any atom is 0.331 e. The first kappa shape index (κ1) is 16.1. The lowest BCUT2D eigenvalue weighted by molar-refractivity contribution is -0.384. The molecule has 0 spiro atoms. The van der Waals surface area contributed by atoms with E-state index < -0.39 is 4.92 Å². The van der Waals surface area contributed by atoms with Crippen molar-refractivity contribution in [1.82, 2.24) is 14.7 Å². The Morgan fingerprint density at radius 2 is 1.96 bits per heavy atom. The summed E-state index contributed by atoms with van der Waals surface area (Å²) in [6.07, 6.45) is 2.81. The van der Waals surface area contributed by atoms with Crippen molar-refractivity contribution in [2.24, 2.45) is 5.92 Å². The van der Waals surface area contributed by atoms with Crippen LogP contribution in [0.15, 0.2) is 36.5 Å². The molecule has 0 radical (unpaired) electrons. The fraction of sp³-hybridized carbons (Fsp3) is 0.375. The van der Waals surface area contributed by atoms with Crippen molar-refractivity contribution < 1.29 is 9.72 Å². The molecule has 1 aromatic carbocycles. The summed E-state index contributed by atoms with van der Waals surface area (Å²) >= 11 is 0. The van der Waals surface area contributed by atoms with Crippen molar-refractivity contribution in [1.29, 1.82) is 0 Å². The molecule has 1 aromatic heterocycles. The normalized spacial score (nSPS) is 16.0. The molecule has 0 aliphatic carbocycles. The molecule has 24 heavy (non-hydrogen) atoms. The lowest BCUT2D eigenvalue weighted by Gasteiger charge is -2.27. The number of nitrogens with one attached hydrogen (secondary N) is 1. The van der Waals surface area contributed by atoms with E-state index in [1.807, 2.05) is 25.2 Å². The molecule has 2 heterocycles. The van der Waals surface area contributed by atoms with Gasteiger partial charge in [0.15, 0.2) is 0 Å². The summed E-state index contributed by atoms with van der Waals surface area (Å²) < 4.78 is 1.41. The van der Waals surface area contributed by atoms with E-state index in [4.69, 9.17) is 0 Å². The number of rotatable bonds is 4. The number of carbonyl (C=O) groups is 1. The molecule has 0 saturated carbocycles. The Hall–Kier alpha value is -2.74. The van der Waals surface area contributed by atoms with E-state index in [9.17, 15) is 14.9 Å². The fourth-order valence-electron chi connectivity index (χ4n) is 2.79. The van der Waals surface area contributed by atoms with Crippen LogP contribution in [0.2, 0.25) is 0 Å². The van der Waals surface area contributed by atoms with Crippen molar-refractivity contribution in [2.45, 2.75) is 12.8 Å². The molecule has 1 aliphatic rings. The molecule has 1 saturated heterocycles. The third-order valence-corrected chi connectivity index (χ3v) is 4.24. The Kier molecular flexibility index (Phi) is 4.57. The van der Waals surface area contributed by atoms with Crippen LogP contribution in [0.25, 0.3) is 5.69 Å². The molecule has 2 aromatic rings. The largest absolute Gasteiger partial charge is 0.331 e. The van der Waals surface area contributed by atoms with Crippen molar-refractivity contribution in [2.75, 3.05) is 25.5 Å². The average molecular weight is 329 g/mol. The highest BCUT2D eigenvalue weighted by Crippen LogP contribution is 2.26. The van der Waals surface area contributed by atoms with Crippen LogP contribution < -0.4 is 5.32 Å². The van der Waals surface area contributed by atoms with E-state index in [1.165, 1.54) is 10.9 Å². The first-order valence-corrected chi connectivity index (χ1v) is 7.83. The third-order valence-electron chi connectivity index (χ3n) is 4.24. The fourth-order valence-corrected chi connectivity index (χ4v) is 2.79. The number of nitrogens with zero attached hydrogens (tertiary/aromatic N) is 4. The van der Waals surface area contributed by atoms with Gasteiger partial charge in [-0.25, -0.2) is 4.68 Å². The van der Waals surface area contributed by atoms with Crippen LogP contribution in [0.4, 0.5) is 11.5 Å². The van der Waals surface area contributed by atoms with Gasteiger partial charge in [-0.15, -0.1) is 5.10 Å². The molecule has 8 heteroatoms. The van der Waals surface area contributed by atoms with Gasteiger partial charge in [-0.1, -0.05) is 18.2 Å². The summed E-state index contributed by atoms with van der Waals surface area (Å²) in [5.41, 5.74) is 0.487. The summed E-state index contributed by atoms with van der Waals surface area (Å²) in [5.74, 6) is -0.347. The number of aromatic nitrogens is 2. The SMILES string of the molecule is CN1CCC(C(=O)Nc2nn(-c3ccccc3)cc2[N+](=O)[O-])CC1. The van der Waals surface area contributed by atoms with Crippen molar-refractivity contribution in [3.8, 4) is 5.69 Å². The average Bonchev–Trinajstić information content (AvgIpc) is 3.00. The minimum atomic E-state index is -0.531. The van der Waals surface area contributed by atoms with Gasteiger partial charge in [-0.05, 0) is 45.1 Å². The summed E-state index contributed by atoms with van der Waals surface area (Å²) in [6, 6.07) is 9.07. The molecular formula is C16H19N5O3. The number of para-hydroxylation sites is 1. The standard InChI is InChI=1S/C16H19N5O3/c1-19-9-7-12(8-10-19)16(22)17-15-14(21(23)24)11-20(18-15)13-5-3-2-4-6-13/h2-6,11-12H,7-10H2,1H3,(H,17,18,22). The van der Waals surface area contributed by atoms with Gasteiger partial charge in [0.2, 0.25) is 11.7 Å². The zero-order valence-corrected chi connectivity index (χ0v) is 13.4. The van der Waals surface area contributed by atoms with Crippen LogP contribution in [0, 0.1) is 16.0 Å². The number of hydrogen-bond donors (Lipinski definition) is 1. The second kappa shape index (κ2) is 6.79. The summed E-state index contributed by atoms with van der Waals surface area (Å²) in [4.78, 5) is 25.3. The van der Waals surface area contributed by atoms with Gasteiger partial charge in [0.05, 0.1) is 10.6 Å². The highest BCUT2D eigenvalue weighted by molar-refractivity contribution is 5.93. The van der Waals surface area contributed by atoms with Crippen LogP contribution in [-0.4, -0.2) is 45.6 Å². The van der Waals surface area contributed by atoms with E-state index in [1.54, 1.807) is 12.1 Å². The monoisotopic (exact) mass is 329 g/mol. The maximum absolute atomic E-state index is 12.4. The minimum Gasteiger partial charge on any atom is -0.306 e. The molecule has 126 valence electrons. The number of piperidine rings is 1. The lowest BCUT2D eigenvalue weighted by Crippen LogP contribution is -2.36. The van der Waals surface area contributed by atoms with Crippen molar-refractivity contribution >= 4 is 17.4 Å². The smallest absolute Gasteiger partial charge is 0.306 e. The quantitative estimate of drug-likeness (QED) is 0.684. The Morgan fingerprint density at radius 1 is 1.29 bits per heavy atom. The summed E-state index contributed by atoms with van der Waals surface area (Å²) in [5, 5.41) is 18.1. The minimum absolute atomic E-state index is 0.00668. The Morgan fingerprint density at radius 3 is 2.58 bits per heavy atom. The number of amides is 1. The molecule has 8 nitrogen and oxygen atoms in total. The van der Waals surface area contributed by atoms with Gasteiger partial charge in [0.1, 0.15) is 6.20 Å². The molecule has 1 fully saturated rings. The molecule has 0 bridgehead atoms. The number of benzene rings is 1. The summed E-state index contributed by atoms with van der Waals surface area (Å²) in [7, 11) is 2.01. The van der Waals surface area contributed by atoms with Crippen LogP contribution in [0.1, 0.15) is 12.8 Å². The Balaban J connectivity index is 1.80. The van der Waals surface area contributed by atoms with E-state index in [0.717, 1.165) is 25.9 Å². The molecule has 1 amide bonds. The summed E-state index contributed by atoms with van der Waals surface area (Å²) in [6.45, 7) is 1.69. The van der Waals surface area contributed by atoms with Crippen LogP contribution in [0.3, 0.4) is 0 Å². The molecule has 1 aliphatic heterocycles. The topological polar surface area (TPSA) is 93.3 Å². The van der Waals surface area contributed by atoms with Crippen LogP contribution >= 0.6 is 0 Å². The zero-order chi connectivity index (χ0) is 17.1. The van der Waals surface area contributed by atoms with Gasteiger partial charge >= 0.3 is 5.69 Å². The number of anilines is 1. The number of likely N-dealkylation sites (tertiary alicyclic amines) is 1. The molecular weight excluding hydrogens is 310 g/mol. The maximum atomic E-state index is 12.4. The van der Waals surface area contributed by atoms with Crippen molar-refractivity contribution in [3.63, 3.8) is 0 Å². The second-order valence-electron chi connectivity index (χ2n) is 5.97. The van der Waals surface area contributed by atoms with E-state index >= 15 is 0 Å². The van der Waals surface area contributed by atoms with Gasteiger partial charge < -0.3 is 10.2 Å². The number of hydrogen-bond acceptors (Lipinski definition) is 5. The Bertz CT molecular complexity index is 735. The van der Waals surface area contributed by atoms with Gasteiger partial charge in [-0.3, -0.25) is 14.9 Å². The van der Waals surface area contributed by atoms with Crippen LogP contribution in [0.5, 0.6) is 0 Å². The van der Waals surface area contributed by atoms with E-state index in [-0.39, 0.29) is 23.3 Å². The van der Waals surface area contributed by atoms with Gasteiger partial charge in [-0.2, -0.15) is 0 Å². The van der Waals surface area contributed by atoms with Gasteiger partial charge in [0.25, 0.3) is 0 Å². The molecule has 1 N–H and O–H groups in total. The number of nitro groups is 1. The first-order valence-electron chi connectivity index (χ1n) is 7.83. The predicted octanol–water partition coefficient (Wildman–Crippen LogP) is 2.06. The Labute approximate surface area is 139 Å². The molecule has 3 rings (SSSR count). The van der Waals surface area contributed by atoms with Crippen LogP contribution in [-0.2, 0) is 4.79 Å². The zero-order valence-electron chi connectivity index (χ0n) is 13.4. The third kappa shape index (κ3) is 3.43. The first-order chi connectivity index (χ1) is 11.5. The molecule has 0 atom stereocenters. The predicted molar refractivity (Wildman–Crippen MR) is 89.1 cm³/mol. The highest BCUT2D eigenvalue weighted by atomic mass is 16.6. The van der Waals surface area contributed by atoms with Gasteiger partial charge in [0, 0.05) is 5.92 Å².